The van der Waals surface area contributed by atoms with Gasteiger partial charge in [0.15, 0.2) is 0 Å². The fourth-order valence-corrected chi connectivity index (χ4v) is 1.35. The molecule has 1 saturated carbocycles. The second kappa shape index (κ2) is 3.14. The van der Waals surface area contributed by atoms with E-state index in [2.05, 4.69) is 30.5 Å². The number of nitrogens with zero attached hydrogens (tertiary/aromatic N) is 2. The maximum Gasteiger partial charge on any atom is 0.0534 e. The second-order valence-corrected chi connectivity index (χ2v) is 4.12. The summed E-state index contributed by atoms with van der Waals surface area (Å²) in [5.41, 5.74) is 1.71. The first-order valence-electron chi connectivity index (χ1n) is 4.98. The normalized spacial score (nSPS) is 18.9. The smallest absolute Gasteiger partial charge is 0.0534 e. The standard InChI is InChI=1S/C10H17N3/c1-3-13-8-9(7-12-13)6-11-10(2)4-5-10/h7-8,11H,3-6H2,1-2H3. The molecule has 1 aliphatic rings. The van der Waals surface area contributed by atoms with Crippen molar-refractivity contribution >= 4 is 0 Å². The van der Waals surface area contributed by atoms with Crippen molar-refractivity contribution in [3.63, 3.8) is 0 Å². The van der Waals surface area contributed by atoms with Gasteiger partial charge < -0.3 is 5.32 Å². The molecule has 0 saturated heterocycles. The van der Waals surface area contributed by atoms with Crippen molar-refractivity contribution in [3.8, 4) is 0 Å². The lowest BCUT2D eigenvalue weighted by atomic mass is 10.3. The van der Waals surface area contributed by atoms with E-state index in [1.165, 1.54) is 18.4 Å². The monoisotopic (exact) mass is 179 g/mol. The molecule has 0 bridgehead atoms. The number of rotatable bonds is 4. The molecule has 72 valence electrons. The molecular formula is C10H17N3. The molecule has 0 amide bonds. The van der Waals surface area contributed by atoms with Crippen molar-refractivity contribution in [2.75, 3.05) is 0 Å². The van der Waals surface area contributed by atoms with Crippen LogP contribution in [0.15, 0.2) is 12.4 Å². The zero-order chi connectivity index (χ0) is 9.31. The molecule has 1 heterocycles. The van der Waals surface area contributed by atoms with Gasteiger partial charge in [-0.15, -0.1) is 0 Å². The van der Waals surface area contributed by atoms with Crippen molar-refractivity contribution in [2.45, 2.75) is 45.3 Å². The van der Waals surface area contributed by atoms with Gasteiger partial charge >= 0.3 is 0 Å². The van der Waals surface area contributed by atoms with Crippen LogP contribution in [0.3, 0.4) is 0 Å². The summed E-state index contributed by atoms with van der Waals surface area (Å²) in [4.78, 5) is 0. The predicted molar refractivity (Wildman–Crippen MR) is 52.4 cm³/mol. The third-order valence-electron chi connectivity index (χ3n) is 2.73. The van der Waals surface area contributed by atoms with Gasteiger partial charge in [-0.05, 0) is 26.7 Å². The van der Waals surface area contributed by atoms with E-state index in [9.17, 15) is 0 Å². The van der Waals surface area contributed by atoms with Crippen LogP contribution < -0.4 is 5.32 Å². The molecule has 1 aromatic rings. The first-order chi connectivity index (χ1) is 6.22. The largest absolute Gasteiger partial charge is 0.307 e. The summed E-state index contributed by atoms with van der Waals surface area (Å²) in [6.45, 7) is 6.29. The predicted octanol–water partition coefficient (Wildman–Crippen LogP) is 1.55. The fourth-order valence-electron chi connectivity index (χ4n) is 1.35. The summed E-state index contributed by atoms with van der Waals surface area (Å²) in [7, 11) is 0. The van der Waals surface area contributed by atoms with E-state index in [0.717, 1.165) is 13.1 Å². The molecule has 1 N–H and O–H groups in total. The lowest BCUT2D eigenvalue weighted by molar-refractivity contribution is 0.537. The van der Waals surface area contributed by atoms with Gasteiger partial charge in [-0.2, -0.15) is 5.10 Å². The maximum atomic E-state index is 4.23. The zero-order valence-electron chi connectivity index (χ0n) is 8.38. The number of hydrogen-bond donors (Lipinski definition) is 1. The highest BCUT2D eigenvalue weighted by Gasteiger charge is 2.36. The minimum absolute atomic E-state index is 0.425. The maximum absolute atomic E-state index is 4.23. The third-order valence-corrected chi connectivity index (χ3v) is 2.73. The molecule has 1 fully saturated rings. The van der Waals surface area contributed by atoms with Crippen LogP contribution in [0.1, 0.15) is 32.3 Å². The molecule has 13 heavy (non-hydrogen) atoms. The summed E-state index contributed by atoms with van der Waals surface area (Å²) < 4.78 is 1.96. The van der Waals surface area contributed by atoms with Crippen LogP contribution in [-0.2, 0) is 13.1 Å². The summed E-state index contributed by atoms with van der Waals surface area (Å²) >= 11 is 0. The Labute approximate surface area is 79.1 Å². The Morgan fingerprint density at radius 2 is 2.38 bits per heavy atom. The Balaban J connectivity index is 1.87. The van der Waals surface area contributed by atoms with E-state index >= 15 is 0 Å². The van der Waals surface area contributed by atoms with E-state index in [4.69, 9.17) is 0 Å². The number of aryl methyl sites for hydroxylation is 1. The van der Waals surface area contributed by atoms with E-state index in [1.54, 1.807) is 0 Å². The number of nitrogens with one attached hydrogen (secondary N) is 1. The van der Waals surface area contributed by atoms with E-state index in [1.807, 2.05) is 10.9 Å². The van der Waals surface area contributed by atoms with E-state index in [0.29, 0.717) is 5.54 Å². The number of hydrogen-bond acceptors (Lipinski definition) is 2. The summed E-state index contributed by atoms with van der Waals surface area (Å²) in [5, 5.41) is 7.77. The van der Waals surface area contributed by atoms with Crippen LogP contribution in [0, 0.1) is 0 Å². The molecule has 1 aromatic heterocycles. The topological polar surface area (TPSA) is 29.9 Å². The summed E-state index contributed by atoms with van der Waals surface area (Å²) in [6.07, 6.45) is 6.69. The first-order valence-corrected chi connectivity index (χ1v) is 4.98. The molecule has 1 aliphatic carbocycles. The highest BCUT2D eigenvalue weighted by molar-refractivity contribution is 5.06. The van der Waals surface area contributed by atoms with Crippen molar-refractivity contribution in [2.24, 2.45) is 0 Å². The fraction of sp³-hybridized carbons (Fsp3) is 0.700. The Morgan fingerprint density at radius 3 is 2.92 bits per heavy atom. The highest BCUT2D eigenvalue weighted by Crippen LogP contribution is 2.34. The second-order valence-electron chi connectivity index (χ2n) is 4.12. The van der Waals surface area contributed by atoms with Crippen LogP contribution in [0.5, 0.6) is 0 Å². The Morgan fingerprint density at radius 1 is 1.62 bits per heavy atom. The van der Waals surface area contributed by atoms with Gasteiger partial charge in [0.25, 0.3) is 0 Å². The average molecular weight is 179 g/mol. The van der Waals surface area contributed by atoms with Crippen LogP contribution >= 0.6 is 0 Å². The minimum Gasteiger partial charge on any atom is -0.307 e. The average Bonchev–Trinajstić information content (AvgIpc) is 2.69. The molecule has 3 nitrogen and oxygen atoms in total. The van der Waals surface area contributed by atoms with Crippen molar-refractivity contribution in [1.82, 2.24) is 15.1 Å². The molecule has 0 radical (unpaired) electrons. The molecule has 3 heteroatoms. The molecule has 0 atom stereocenters. The lowest BCUT2D eigenvalue weighted by Crippen LogP contribution is -2.26. The summed E-state index contributed by atoms with van der Waals surface area (Å²) in [5.74, 6) is 0. The highest BCUT2D eigenvalue weighted by atomic mass is 15.3. The molecular weight excluding hydrogens is 162 g/mol. The van der Waals surface area contributed by atoms with Gasteiger partial charge in [-0.3, -0.25) is 4.68 Å². The van der Waals surface area contributed by atoms with Gasteiger partial charge in [0.1, 0.15) is 0 Å². The van der Waals surface area contributed by atoms with Crippen LogP contribution in [0.2, 0.25) is 0 Å². The SMILES string of the molecule is CCn1cc(CNC2(C)CC2)cn1. The van der Waals surface area contributed by atoms with Gasteiger partial charge in [-0.25, -0.2) is 0 Å². The Hall–Kier alpha value is -0.830. The first kappa shape index (κ1) is 8.75. The Bertz CT molecular complexity index is 286. The minimum atomic E-state index is 0.425. The zero-order valence-corrected chi connectivity index (χ0v) is 8.38. The van der Waals surface area contributed by atoms with Gasteiger partial charge in [0.05, 0.1) is 6.20 Å². The molecule has 2 rings (SSSR count). The van der Waals surface area contributed by atoms with E-state index in [-0.39, 0.29) is 0 Å². The third kappa shape index (κ3) is 2.10. The summed E-state index contributed by atoms with van der Waals surface area (Å²) in [6, 6.07) is 0. The lowest BCUT2D eigenvalue weighted by Gasteiger charge is -2.08. The van der Waals surface area contributed by atoms with Gasteiger partial charge in [-0.1, -0.05) is 0 Å². The molecule has 0 spiro atoms. The molecule has 0 aliphatic heterocycles. The van der Waals surface area contributed by atoms with Crippen molar-refractivity contribution in [3.05, 3.63) is 18.0 Å². The molecule has 0 aromatic carbocycles. The van der Waals surface area contributed by atoms with Gasteiger partial charge in [0.2, 0.25) is 0 Å². The quantitative estimate of drug-likeness (QED) is 0.760. The van der Waals surface area contributed by atoms with E-state index < -0.39 is 0 Å². The van der Waals surface area contributed by atoms with Crippen LogP contribution in [0.4, 0.5) is 0 Å². The number of aromatic nitrogens is 2. The molecule has 0 unspecified atom stereocenters. The van der Waals surface area contributed by atoms with Gasteiger partial charge in [0, 0.05) is 30.4 Å². The van der Waals surface area contributed by atoms with Crippen LogP contribution in [-0.4, -0.2) is 15.3 Å². The Kier molecular flexibility index (Phi) is 2.12. The van der Waals surface area contributed by atoms with Crippen molar-refractivity contribution < 1.29 is 0 Å². The van der Waals surface area contributed by atoms with Crippen molar-refractivity contribution in [1.29, 1.82) is 0 Å². The van der Waals surface area contributed by atoms with Crippen LogP contribution in [0.25, 0.3) is 0 Å².